The van der Waals surface area contributed by atoms with Crippen molar-refractivity contribution >= 4 is 53.1 Å². The number of para-hydroxylation sites is 3. The lowest BCUT2D eigenvalue weighted by atomic mass is 9.81. The molecular weight excluding hydrogens is 849 g/mol. The number of hydrogen-bond donors (Lipinski definition) is 1. The van der Waals surface area contributed by atoms with Gasteiger partial charge in [-0.15, -0.1) is 0 Å². The van der Waals surface area contributed by atoms with E-state index in [0.29, 0.717) is 5.70 Å². The molecule has 0 radical (unpaired) electrons. The third kappa shape index (κ3) is 12.2. The zero-order valence-electron chi connectivity index (χ0n) is 41.4. The van der Waals surface area contributed by atoms with E-state index in [4.69, 9.17) is 10.7 Å². The summed E-state index contributed by atoms with van der Waals surface area (Å²) in [5.74, 6) is 0. The first-order valence-electron chi connectivity index (χ1n) is 24.1. The fourth-order valence-corrected chi connectivity index (χ4v) is 8.57. The summed E-state index contributed by atoms with van der Waals surface area (Å²) < 4.78 is 0. The maximum absolute atomic E-state index is 6.60. The smallest absolute Gasteiger partial charge is 0.0645 e. The minimum atomic E-state index is 0.650. The number of allylic oxidation sites excluding steroid dienone is 10. The van der Waals surface area contributed by atoms with E-state index in [0.717, 1.165) is 68.5 Å². The Morgan fingerprint density at radius 2 is 1.10 bits per heavy atom. The third-order valence-electron chi connectivity index (χ3n) is 12.2. The van der Waals surface area contributed by atoms with Crippen LogP contribution in [0.25, 0.3) is 52.6 Å². The fourth-order valence-electron chi connectivity index (χ4n) is 8.57. The Bertz CT molecular complexity index is 3050. The second-order valence-corrected chi connectivity index (χ2v) is 17.0. The van der Waals surface area contributed by atoms with Crippen LogP contribution >= 0.6 is 0 Å². The quantitative estimate of drug-likeness (QED) is 0.0872. The van der Waals surface area contributed by atoms with Crippen LogP contribution in [0.3, 0.4) is 0 Å². The van der Waals surface area contributed by atoms with Crippen molar-refractivity contribution < 1.29 is 0 Å². The molecule has 1 heterocycles. The Morgan fingerprint density at radius 3 is 1.60 bits per heavy atom. The highest BCUT2D eigenvalue weighted by molar-refractivity contribution is 5.97. The summed E-state index contributed by atoms with van der Waals surface area (Å²) >= 11 is 0. The highest BCUT2D eigenvalue weighted by Gasteiger charge is 2.21. The predicted octanol–water partition coefficient (Wildman–Crippen LogP) is 18.0. The van der Waals surface area contributed by atoms with Crippen molar-refractivity contribution in [3.63, 3.8) is 0 Å². The molecule has 6 aromatic carbocycles. The molecule has 0 aliphatic rings. The maximum Gasteiger partial charge on any atom is 0.0645 e. The van der Waals surface area contributed by atoms with E-state index in [1.807, 2.05) is 73.8 Å². The minimum absolute atomic E-state index is 0.650. The van der Waals surface area contributed by atoms with Gasteiger partial charge in [-0.1, -0.05) is 165 Å². The second kappa shape index (κ2) is 24.5. The third-order valence-corrected chi connectivity index (χ3v) is 12.2. The molecule has 0 amide bonds. The Hall–Kier alpha value is -8.47. The van der Waals surface area contributed by atoms with Crippen molar-refractivity contribution in [3.05, 3.63) is 275 Å². The van der Waals surface area contributed by atoms with Crippen LogP contribution in [-0.4, -0.2) is 4.98 Å². The summed E-state index contributed by atoms with van der Waals surface area (Å²) in [6, 6.07) is 53.0. The first kappa shape index (κ1) is 49.4. The standard InChI is InChI=1S/C66H64N4/c1-8-12-31-64-51(7)50(6)63(24-11-4)65(54-39-33-52(34-40-54)37-44-56(67)43-32-49(5)69(58(22-9-2)23-10-3)59-25-16-13-17-26-59)66(64)55-41-35-53(36-42-55)38-45-57-46-47-62(48-68-57)70(60-27-18-14-19-28-60)61-29-20-15-21-30-61/h9-48H,2,8,67H2,1,3-7H3/b23-10-,24-11-,31-12-,44-37+,45-38+,49-32+,56-43-,58-22+. The number of rotatable bonds is 18. The van der Waals surface area contributed by atoms with Crippen LogP contribution in [0.5, 0.6) is 0 Å². The van der Waals surface area contributed by atoms with Crippen molar-refractivity contribution in [2.24, 2.45) is 5.73 Å². The molecule has 7 aromatic rings. The number of hydrogen-bond acceptors (Lipinski definition) is 4. The lowest BCUT2D eigenvalue weighted by Crippen LogP contribution is -2.19. The molecule has 0 spiro atoms. The Balaban J connectivity index is 1.17. The number of anilines is 4. The highest BCUT2D eigenvalue weighted by Crippen LogP contribution is 2.43. The van der Waals surface area contributed by atoms with Crippen LogP contribution < -0.4 is 15.5 Å². The number of benzene rings is 6. The van der Waals surface area contributed by atoms with E-state index >= 15 is 0 Å². The summed E-state index contributed by atoms with van der Waals surface area (Å²) in [6.07, 6.45) is 32.0. The van der Waals surface area contributed by atoms with Gasteiger partial charge in [-0.05, 0) is 182 Å². The molecule has 0 saturated carbocycles. The van der Waals surface area contributed by atoms with Gasteiger partial charge in [0.15, 0.2) is 0 Å². The Kier molecular flexibility index (Phi) is 17.3. The summed E-state index contributed by atoms with van der Waals surface area (Å²) in [5.41, 5.74) is 26.3. The van der Waals surface area contributed by atoms with Crippen LogP contribution in [-0.2, 0) is 0 Å². The number of nitrogens with two attached hydrogens (primary N) is 1. The average Bonchev–Trinajstić information content (AvgIpc) is 3.40. The molecule has 0 aliphatic heterocycles. The highest BCUT2D eigenvalue weighted by atomic mass is 15.2. The van der Waals surface area contributed by atoms with E-state index in [1.54, 1.807) is 0 Å². The van der Waals surface area contributed by atoms with Crippen molar-refractivity contribution in [3.8, 4) is 22.3 Å². The van der Waals surface area contributed by atoms with Gasteiger partial charge in [0, 0.05) is 34.2 Å². The first-order valence-corrected chi connectivity index (χ1v) is 24.1. The van der Waals surface area contributed by atoms with Gasteiger partial charge in [-0.25, -0.2) is 0 Å². The zero-order chi connectivity index (χ0) is 49.2. The van der Waals surface area contributed by atoms with E-state index in [9.17, 15) is 0 Å². The topological polar surface area (TPSA) is 45.4 Å². The molecule has 70 heavy (non-hydrogen) atoms. The van der Waals surface area contributed by atoms with Crippen LogP contribution in [0.15, 0.2) is 236 Å². The predicted molar refractivity (Wildman–Crippen MR) is 306 cm³/mol. The van der Waals surface area contributed by atoms with E-state index < -0.39 is 0 Å². The first-order chi connectivity index (χ1) is 34.2. The zero-order valence-corrected chi connectivity index (χ0v) is 41.4. The monoisotopic (exact) mass is 913 g/mol. The van der Waals surface area contributed by atoms with Gasteiger partial charge in [0.1, 0.15) is 0 Å². The number of aromatic nitrogens is 1. The molecule has 0 fully saturated rings. The summed E-state index contributed by atoms with van der Waals surface area (Å²) in [4.78, 5) is 9.28. The van der Waals surface area contributed by atoms with Crippen molar-refractivity contribution in [2.75, 3.05) is 9.80 Å². The SMILES string of the molecule is C=C/C=C(\C=C/C)N(/C(C)=C/C=C(N)/C=C/c1ccc(-c2c(/C=C\C)c(C)c(C)c(/C=C\CC)c2-c2ccc(/C=C/c3ccc(N(c4ccccc4)c4ccccc4)cn3)cc2)cc1)c1ccccc1. The molecule has 0 aliphatic carbocycles. The molecule has 0 unspecified atom stereocenters. The lowest BCUT2D eigenvalue weighted by molar-refractivity contribution is 1.10. The molecule has 0 atom stereocenters. The lowest BCUT2D eigenvalue weighted by Gasteiger charge is -2.26. The van der Waals surface area contributed by atoms with E-state index in [2.05, 4.69) is 227 Å². The molecule has 0 saturated heterocycles. The van der Waals surface area contributed by atoms with Gasteiger partial charge in [0.05, 0.1) is 17.6 Å². The van der Waals surface area contributed by atoms with Gasteiger partial charge < -0.3 is 15.5 Å². The fraction of sp³-hybridized carbons (Fsp3) is 0.106. The summed E-state index contributed by atoms with van der Waals surface area (Å²) in [6.45, 7) is 16.8. The van der Waals surface area contributed by atoms with Gasteiger partial charge >= 0.3 is 0 Å². The van der Waals surface area contributed by atoms with Gasteiger partial charge in [0.2, 0.25) is 0 Å². The van der Waals surface area contributed by atoms with Crippen LogP contribution in [0, 0.1) is 13.8 Å². The van der Waals surface area contributed by atoms with E-state index in [-0.39, 0.29) is 0 Å². The van der Waals surface area contributed by atoms with Crippen LogP contribution in [0.4, 0.5) is 22.7 Å². The van der Waals surface area contributed by atoms with Gasteiger partial charge in [-0.2, -0.15) is 0 Å². The summed E-state index contributed by atoms with van der Waals surface area (Å²) in [5, 5.41) is 0. The largest absolute Gasteiger partial charge is 0.399 e. The maximum atomic E-state index is 6.60. The summed E-state index contributed by atoms with van der Waals surface area (Å²) in [7, 11) is 0. The van der Waals surface area contributed by atoms with Crippen LogP contribution in [0.1, 0.15) is 73.2 Å². The van der Waals surface area contributed by atoms with Crippen molar-refractivity contribution in [2.45, 2.75) is 48.0 Å². The van der Waals surface area contributed by atoms with Crippen molar-refractivity contribution in [1.29, 1.82) is 0 Å². The average molecular weight is 913 g/mol. The Labute approximate surface area is 417 Å². The number of pyridine rings is 1. The Morgan fingerprint density at radius 1 is 0.557 bits per heavy atom. The molecule has 348 valence electrons. The molecule has 2 N–H and O–H groups in total. The molecule has 0 bridgehead atoms. The second-order valence-electron chi connectivity index (χ2n) is 17.0. The molecule has 7 rings (SSSR count). The molecule has 1 aromatic heterocycles. The number of nitrogens with zero attached hydrogens (tertiary/aromatic N) is 3. The molecule has 4 nitrogen and oxygen atoms in total. The van der Waals surface area contributed by atoms with E-state index in [1.165, 1.54) is 33.4 Å². The molecular formula is C66H64N4. The molecule has 4 heteroatoms. The van der Waals surface area contributed by atoms with Crippen molar-refractivity contribution in [1.82, 2.24) is 4.98 Å². The normalized spacial score (nSPS) is 12.6. The van der Waals surface area contributed by atoms with Gasteiger partial charge in [-0.3, -0.25) is 4.98 Å². The van der Waals surface area contributed by atoms with Crippen LogP contribution in [0.2, 0.25) is 0 Å². The van der Waals surface area contributed by atoms with Gasteiger partial charge in [0.25, 0.3) is 0 Å². The minimum Gasteiger partial charge on any atom is -0.399 e.